The number of rotatable bonds is 3. The van der Waals surface area contributed by atoms with E-state index in [9.17, 15) is 27.2 Å². The first-order chi connectivity index (χ1) is 18.0. The molecule has 0 N–H and O–H groups in total. The maximum Gasteiger partial charge on any atom is 0.417 e. The van der Waals surface area contributed by atoms with E-state index in [1.165, 1.54) is 28.5 Å². The van der Waals surface area contributed by atoms with Crippen molar-refractivity contribution in [1.82, 2.24) is 19.4 Å². The lowest BCUT2D eigenvalue weighted by Gasteiger charge is -2.44. The SMILES string of the molecule is C=CC(=O)N1C(C)CN(c2nc(=O)n3c4c(c(-c5ccc(F)cn5)c(C(F)(F)F)cc24)SCCC3)CC1C. The number of aromatic nitrogens is 3. The van der Waals surface area contributed by atoms with Crippen LogP contribution in [0, 0.1) is 5.82 Å². The highest BCUT2D eigenvalue weighted by atomic mass is 32.2. The first-order valence-electron chi connectivity index (χ1n) is 12.1. The van der Waals surface area contributed by atoms with E-state index in [1.807, 2.05) is 13.8 Å². The molecule has 12 heteroatoms. The molecule has 2 aromatic heterocycles. The number of aryl methyl sites for hydroxylation is 1. The van der Waals surface area contributed by atoms with Crippen molar-refractivity contribution in [2.24, 2.45) is 0 Å². The zero-order chi connectivity index (χ0) is 27.4. The van der Waals surface area contributed by atoms with Gasteiger partial charge in [0.15, 0.2) is 0 Å². The molecule has 2 atom stereocenters. The van der Waals surface area contributed by atoms with Crippen LogP contribution >= 0.6 is 11.8 Å². The van der Waals surface area contributed by atoms with Gasteiger partial charge < -0.3 is 9.80 Å². The fourth-order valence-corrected chi connectivity index (χ4v) is 6.61. The Kier molecular flexibility index (Phi) is 6.70. The quantitative estimate of drug-likeness (QED) is 0.349. The lowest BCUT2D eigenvalue weighted by Crippen LogP contribution is -2.58. The molecule has 200 valence electrons. The van der Waals surface area contributed by atoms with Crippen LogP contribution < -0.4 is 10.6 Å². The number of benzene rings is 1. The van der Waals surface area contributed by atoms with E-state index in [0.717, 1.165) is 18.3 Å². The Morgan fingerprint density at radius 2 is 1.92 bits per heavy atom. The van der Waals surface area contributed by atoms with Gasteiger partial charge in [-0.25, -0.2) is 9.18 Å². The summed E-state index contributed by atoms with van der Waals surface area (Å²) in [5.41, 5.74) is -1.32. The fourth-order valence-electron chi connectivity index (χ4n) is 5.42. The average Bonchev–Trinajstić information content (AvgIpc) is 3.09. The number of carbonyl (C=O) groups is 1. The maximum atomic E-state index is 14.6. The van der Waals surface area contributed by atoms with Crippen molar-refractivity contribution in [1.29, 1.82) is 0 Å². The highest BCUT2D eigenvalue weighted by Gasteiger charge is 2.39. The van der Waals surface area contributed by atoms with Crippen LogP contribution in [0.5, 0.6) is 0 Å². The van der Waals surface area contributed by atoms with E-state index in [-0.39, 0.29) is 58.4 Å². The monoisotopic (exact) mass is 547 g/mol. The number of carbonyl (C=O) groups excluding carboxylic acids is 1. The molecule has 0 radical (unpaired) electrons. The van der Waals surface area contributed by atoms with Crippen molar-refractivity contribution in [3.05, 3.63) is 58.9 Å². The molecule has 1 saturated heterocycles. The zero-order valence-electron chi connectivity index (χ0n) is 20.8. The molecule has 1 aromatic carbocycles. The molecule has 4 heterocycles. The Labute approximate surface area is 220 Å². The third-order valence-electron chi connectivity index (χ3n) is 6.91. The summed E-state index contributed by atoms with van der Waals surface area (Å²) in [5, 5.41) is 0.204. The average molecular weight is 548 g/mol. The van der Waals surface area contributed by atoms with Crippen LogP contribution in [0.4, 0.5) is 23.4 Å². The molecule has 0 aliphatic carbocycles. The summed E-state index contributed by atoms with van der Waals surface area (Å²) in [7, 11) is 0. The Hall–Kier alpha value is -3.41. The lowest BCUT2D eigenvalue weighted by molar-refractivity contribution is -0.137. The highest BCUT2D eigenvalue weighted by Crippen LogP contribution is 2.47. The minimum Gasteiger partial charge on any atom is -0.352 e. The Balaban J connectivity index is 1.79. The van der Waals surface area contributed by atoms with Gasteiger partial charge in [-0.15, -0.1) is 11.8 Å². The minimum absolute atomic E-state index is 0.0267. The molecule has 2 unspecified atom stereocenters. The van der Waals surface area contributed by atoms with Crippen molar-refractivity contribution in [2.75, 3.05) is 23.7 Å². The second-order valence-corrected chi connectivity index (χ2v) is 10.6. The summed E-state index contributed by atoms with van der Waals surface area (Å²) >= 11 is 1.23. The number of pyridine rings is 1. The van der Waals surface area contributed by atoms with Crippen LogP contribution in [0.1, 0.15) is 25.8 Å². The van der Waals surface area contributed by atoms with Crippen LogP contribution in [-0.2, 0) is 17.5 Å². The first kappa shape index (κ1) is 26.2. The second kappa shape index (κ2) is 9.72. The molecular formula is C26H25F4N5O2S. The molecule has 0 spiro atoms. The van der Waals surface area contributed by atoms with E-state index < -0.39 is 23.2 Å². The van der Waals surface area contributed by atoms with Gasteiger partial charge in [0, 0.05) is 47.6 Å². The van der Waals surface area contributed by atoms with Crippen molar-refractivity contribution in [2.45, 2.75) is 50.0 Å². The van der Waals surface area contributed by atoms with Crippen LogP contribution in [0.25, 0.3) is 22.2 Å². The van der Waals surface area contributed by atoms with Crippen molar-refractivity contribution in [3.8, 4) is 11.3 Å². The van der Waals surface area contributed by atoms with Crippen LogP contribution in [0.2, 0.25) is 0 Å². The van der Waals surface area contributed by atoms with Gasteiger partial charge in [-0.2, -0.15) is 18.2 Å². The van der Waals surface area contributed by atoms with Gasteiger partial charge in [0.05, 0.1) is 23.0 Å². The molecule has 1 amide bonds. The first-order valence-corrected chi connectivity index (χ1v) is 13.1. The van der Waals surface area contributed by atoms with Gasteiger partial charge in [0.2, 0.25) is 5.91 Å². The summed E-state index contributed by atoms with van der Waals surface area (Å²) in [4.78, 5) is 37.6. The van der Waals surface area contributed by atoms with E-state index >= 15 is 0 Å². The van der Waals surface area contributed by atoms with Crippen molar-refractivity contribution in [3.63, 3.8) is 0 Å². The number of halogens is 4. The third-order valence-corrected chi connectivity index (χ3v) is 8.09. The molecule has 2 aliphatic rings. The van der Waals surface area contributed by atoms with Crippen LogP contribution in [0.3, 0.4) is 0 Å². The maximum absolute atomic E-state index is 14.6. The number of nitrogens with zero attached hydrogens (tertiary/aromatic N) is 5. The third kappa shape index (κ3) is 4.44. The molecule has 1 fully saturated rings. The van der Waals surface area contributed by atoms with Gasteiger partial charge >= 0.3 is 11.9 Å². The summed E-state index contributed by atoms with van der Waals surface area (Å²) in [6.07, 6.45) is -2.08. The standard InChI is InChI=1S/C26H25F4N5O2S/c1-4-20(36)35-14(2)12-33(13-15(35)3)24-17-10-18(26(28,29)30)21(19-7-6-16(27)11-31-19)23-22(17)34(25(37)32-24)8-5-9-38-23/h4,6-7,10-11,14-15H,1,5,8-9,12-13H2,2-3H3. The number of thioether (sulfide) groups is 1. The lowest BCUT2D eigenvalue weighted by atomic mass is 9.99. The van der Waals surface area contributed by atoms with Crippen molar-refractivity contribution < 1.29 is 22.4 Å². The summed E-state index contributed by atoms with van der Waals surface area (Å²) in [6, 6.07) is 2.73. The minimum atomic E-state index is -4.75. The molecule has 7 nitrogen and oxygen atoms in total. The predicted molar refractivity (Wildman–Crippen MR) is 138 cm³/mol. The molecule has 0 saturated carbocycles. The van der Waals surface area contributed by atoms with E-state index in [1.54, 1.807) is 9.80 Å². The summed E-state index contributed by atoms with van der Waals surface area (Å²) in [6.45, 7) is 8.09. The van der Waals surface area contributed by atoms with Crippen molar-refractivity contribution >= 4 is 34.4 Å². The van der Waals surface area contributed by atoms with Gasteiger partial charge in [0.25, 0.3) is 0 Å². The number of amides is 1. The molecular weight excluding hydrogens is 522 g/mol. The van der Waals surface area contributed by atoms with Gasteiger partial charge in [0.1, 0.15) is 11.6 Å². The number of hydrogen-bond donors (Lipinski definition) is 0. The van der Waals surface area contributed by atoms with Crippen LogP contribution in [-0.4, -0.2) is 56.3 Å². The van der Waals surface area contributed by atoms with Crippen LogP contribution in [0.15, 0.2) is 46.7 Å². The Morgan fingerprint density at radius 3 is 2.53 bits per heavy atom. The Bertz CT molecular complexity index is 1480. The fraction of sp³-hybridized carbons (Fsp3) is 0.385. The number of piperazine rings is 1. The van der Waals surface area contributed by atoms with Gasteiger partial charge in [-0.1, -0.05) is 6.58 Å². The van der Waals surface area contributed by atoms with E-state index in [4.69, 9.17) is 0 Å². The molecule has 5 rings (SSSR count). The summed E-state index contributed by atoms with van der Waals surface area (Å²) in [5.74, 6) is -0.267. The van der Waals surface area contributed by atoms with Gasteiger partial charge in [-0.05, 0) is 50.3 Å². The van der Waals surface area contributed by atoms with E-state index in [0.29, 0.717) is 24.2 Å². The van der Waals surface area contributed by atoms with E-state index in [2.05, 4.69) is 16.5 Å². The largest absolute Gasteiger partial charge is 0.417 e. The second-order valence-electron chi connectivity index (χ2n) is 9.51. The molecule has 38 heavy (non-hydrogen) atoms. The normalized spacial score (nSPS) is 19.9. The topological polar surface area (TPSA) is 71.3 Å². The number of hydrogen-bond acceptors (Lipinski definition) is 6. The predicted octanol–water partition coefficient (Wildman–Crippen LogP) is 4.72. The smallest absolute Gasteiger partial charge is 0.352 e. The molecule has 0 bridgehead atoms. The zero-order valence-corrected chi connectivity index (χ0v) is 21.6. The number of anilines is 1. The molecule has 3 aromatic rings. The molecule has 2 aliphatic heterocycles. The Morgan fingerprint density at radius 1 is 1.21 bits per heavy atom. The van der Waals surface area contributed by atoms with Gasteiger partial charge in [-0.3, -0.25) is 14.3 Å². The number of alkyl halides is 3. The summed E-state index contributed by atoms with van der Waals surface area (Å²) < 4.78 is 58.7. The highest BCUT2D eigenvalue weighted by molar-refractivity contribution is 7.99.